The van der Waals surface area contributed by atoms with Crippen LogP contribution >= 0.6 is 0 Å². The molecular weight excluding hydrogens is 316 g/mol. The second kappa shape index (κ2) is 10.6. The fraction of sp³-hybridized carbons (Fsp3) is 0.667. The van der Waals surface area contributed by atoms with E-state index in [-0.39, 0.29) is 30.0 Å². The molecule has 1 heterocycles. The molecular formula is C21H32O4. The molecule has 25 heavy (non-hydrogen) atoms. The first-order valence-electron chi connectivity index (χ1n) is 9.55. The molecule has 0 aliphatic carbocycles. The number of hydrogen-bond donors (Lipinski definition) is 0. The van der Waals surface area contributed by atoms with E-state index in [0.717, 1.165) is 24.8 Å². The van der Waals surface area contributed by atoms with Gasteiger partial charge in [0.1, 0.15) is 6.10 Å². The summed E-state index contributed by atoms with van der Waals surface area (Å²) >= 11 is 0. The standard InChI is InChI=1S/C21H32O4/c1-4-5-11-19-17(3)25-21(22)16(2)12-13-24-20(19)15-23-14-18-9-7-6-8-10-18/h6-10,16-17,19-20H,4-5,11-15H2,1-3H3/t16-,17-,19-,20+/m0/s1. The van der Waals surface area contributed by atoms with Crippen molar-refractivity contribution in [2.45, 2.75) is 65.3 Å². The molecule has 0 radical (unpaired) electrons. The van der Waals surface area contributed by atoms with Gasteiger partial charge in [-0.25, -0.2) is 0 Å². The summed E-state index contributed by atoms with van der Waals surface area (Å²) in [4.78, 5) is 12.1. The van der Waals surface area contributed by atoms with Gasteiger partial charge in [0.2, 0.25) is 0 Å². The Morgan fingerprint density at radius 2 is 1.96 bits per heavy atom. The number of hydrogen-bond acceptors (Lipinski definition) is 4. The van der Waals surface area contributed by atoms with E-state index < -0.39 is 0 Å². The zero-order valence-corrected chi connectivity index (χ0v) is 15.8. The van der Waals surface area contributed by atoms with Crippen molar-refractivity contribution in [3.8, 4) is 0 Å². The van der Waals surface area contributed by atoms with Crippen LogP contribution in [0.15, 0.2) is 30.3 Å². The Morgan fingerprint density at radius 1 is 1.20 bits per heavy atom. The Hall–Kier alpha value is -1.39. The van der Waals surface area contributed by atoms with Gasteiger partial charge in [-0.15, -0.1) is 0 Å². The van der Waals surface area contributed by atoms with Crippen molar-refractivity contribution in [2.75, 3.05) is 13.2 Å². The van der Waals surface area contributed by atoms with E-state index >= 15 is 0 Å². The molecule has 4 nitrogen and oxygen atoms in total. The van der Waals surface area contributed by atoms with Crippen LogP contribution < -0.4 is 0 Å². The number of rotatable bonds is 7. The second-order valence-corrected chi connectivity index (χ2v) is 7.05. The molecule has 4 heteroatoms. The maximum Gasteiger partial charge on any atom is 0.309 e. The normalized spacial score (nSPS) is 27.9. The Labute approximate surface area is 151 Å². The molecule has 140 valence electrons. The third-order valence-corrected chi connectivity index (χ3v) is 4.95. The number of cyclic esters (lactones) is 1. The first-order valence-corrected chi connectivity index (χ1v) is 9.55. The van der Waals surface area contributed by atoms with Gasteiger partial charge in [-0.1, -0.05) is 57.0 Å². The molecule has 1 saturated heterocycles. The highest BCUT2D eigenvalue weighted by Crippen LogP contribution is 2.26. The highest BCUT2D eigenvalue weighted by molar-refractivity contribution is 5.72. The summed E-state index contributed by atoms with van der Waals surface area (Å²) in [6, 6.07) is 10.2. The molecule has 4 atom stereocenters. The molecule has 0 saturated carbocycles. The summed E-state index contributed by atoms with van der Waals surface area (Å²) in [7, 11) is 0. The maximum atomic E-state index is 12.1. The van der Waals surface area contributed by atoms with Crippen molar-refractivity contribution >= 4 is 5.97 Å². The predicted octanol–water partition coefficient (Wildman–Crippen LogP) is 4.37. The minimum Gasteiger partial charge on any atom is -0.462 e. The lowest BCUT2D eigenvalue weighted by Crippen LogP contribution is -2.37. The summed E-state index contributed by atoms with van der Waals surface area (Å²) in [6.07, 6.45) is 3.71. The fourth-order valence-corrected chi connectivity index (χ4v) is 3.23. The average Bonchev–Trinajstić information content (AvgIpc) is 2.65. The summed E-state index contributed by atoms with van der Waals surface area (Å²) in [5.74, 6) is -0.0494. The lowest BCUT2D eigenvalue weighted by molar-refractivity contribution is -0.157. The van der Waals surface area contributed by atoms with Crippen LogP contribution in [0.1, 0.15) is 52.0 Å². The van der Waals surface area contributed by atoms with Crippen LogP contribution in [0.5, 0.6) is 0 Å². The van der Waals surface area contributed by atoms with Crippen LogP contribution in [0.2, 0.25) is 0 Å². The van der Waals surface area contributed by atoms with E-state index in [1.807, 2.05) is 32.0 Å². The van der Waals surface area contributed by atoms with Crippen LogP contribution in [0, 0.1) is 11.8 Å². The van der Waals surface area contributed by atoms with E-state index in [1.54, 1.807) is 0 Å². The molecule has 0 unspecified atom stereocenters. The van der Waals surface area contributed by atoms with Gasteiger partial charge >= 0.3 is 5.97 Å². The van der Waals surface area contributed by atoms with E-state index in [9.17, 15) is 4.79 Å². The zero-order chi connectivity index (χ0) is 18.1. The lowest BCUT2D eigenvalue weighted by atomic mass is 9.91. The zero-order valence-electron chi connectivity index (χ0n) is 15.8. The number of benzene rings is 1. The van der Waals surface area contributed by atoms with Gasteiger partial charge in [0.25, 0.3) is 0 Å². The minimum absolute atomic E-state index is 0.0386. The van der Waals surface area contributed by atoms with Crippen LogP contribution in [-0.4, -0.2) is 31.4 Å². The first kappa shape index (κ1) is 19.9. The van der Waals surface area contributed by atoms with Crippen LogP contribution in [-0.2, 0) is 25.6 Å². The summed E-state index contributed by atoms with van der Waals surface area (Å²) in [6.45, 7) is 7.75. The van der Waals surface area contributed by atoms with Crippen molar-refractivity contribution in [1.82, 2.24) is 0 Å². The van der Waals surface area contributed by atoms with Gasteiger partial charge in [0.15, 0.2) is 0 Å². The third-order valence-electron chi connectivity index (χ3n) is 4.95. The lowest BCUT2D eigenvalue weighted by Gasteiger charge is -2.30. The van der Waals surface area contributed by atoms with Crippen molar-refractivity contribution in [1.29, 1.82) is 0 Å². The predicted molar refractivity (Wildman–Crippen MR) is 98.2 cm³/mol. The Kier molecular flexibility index (Phi) is 8.42. The van der Waals surface area contributed by atoms with E-state index in [0.29, 0.717) is 26.2 Å². The van der Waals surface area contributed by atoms with Gasteiger partial charge in [0, 0.05) is 12.5 Å². The molecule has 1 aliphatic rings. The second-order valence-electron chi connectivity index (χ2n) is 7.05. The van der Waals surface area contributed by atoms with Crippen molar-refractivity contribution in [3.05, 3.63) is 35.9 Å². The van der Waals surface area contributed by atoms with Crippen molar-refractivity contribution < 1.29 is 19.0 Å². The Balaban J connectivity index is 1.99. The molecule has 0 N–H and O–H groups in total. The largest absolute Gasteiger partial charge is 0.462 e. The molecule has 0 spiro atoms. The molecule has 1 aliphatic heterocycles. The number of unbranched alkanes of at least 4 members (excludes halogenated alkanes) is 1. The van der Waals surface area contributed by atoms with Gasteiger partial charge < -0.3 is 14.2 Å². The smallest absolute Gasteiger partial charge is 0.309 e. The highest BCUT2D eigenvalue weighted by atomic mass is 16.6. The molecule has 0 aromatic heterocycles. The molecule has 1 aromatic rings. The van der Waals surface area contributed by atoms with Gasteiger partial charge in [-0.05, 0) is 25.3 Å². The topological polar surface area (TPSA) is 44.8 Å². The van der Waals surface area contributed by atoms with Gasteiger partial charge in [-0.3, -0.25) is 4.79 Å². The first-order chi connectivity index (χ1) is 12.1. The quantitative estimate of drug-likeness (QED) is 0.687. The van der Waals surface area contributed by atoms with Gasteiger partial charge in [-0.2, -0.15) is 0 Å². The Bertz CT molecular complexity index is 502. The van der Waals surface area contributed by atoms with Crippen molar-refractivity contribution in [2.24, 2.45) is 11.8 Å². The summed E-state index contributed by atoms with van der Waals surface area (Å²) in [5.41, 5.74) is 1.16. The maximum absolute atomic E-state index is 12.1. The van der Waals surface area contributed by atoms with Crippen LogP contribution in [0.3, 0.4) is 0 Å². The molecule has 0 amide bonds. The third kappa shape index (κ3) is 6.44. The van der Waals surface area contributed by atoms with E-state index in [4.69, 9.17) is 14.2 Å². The molecule has 1 fully saturated rings. The van der Waals surface area contributed by atoms with E-state index in [1.165, 1.54) is 0 Å². The van der Waals surface area contributed by atoms with Crippen LogP contribution in [0.4, 0.5) is 0 Å². The highest BCUT2D eigenvalue weighted by Gasteiger charge is 2.32. The SMILES string of the molecule is CCCC[C@H]1[C@H](C)OC(=O)[C@@H](C)CCO[C@@H]1COCc1ccccc1. The molecule has 2 rings (SSSR count). The van der Waals surface area contributed by atoms with Crippen LogP contribution in [0.25, 0.3) is 0 Å². The molecule has 0 bridgehead atoms. The Morgan fingerprint density at radius 3 is 2.68 bits per heavy atom. The fourth-order valence-electron chi connectivity index (χ4n) is 3.23. The number of carbonyl (C=O) groups is 1. The van der Waals surface area contributed by atoms with Crippen molar-refractivity contribution in [3.63, 3.8) is 0 Å². The number of carbonyl (C=O) groups excluding carboxylic acids is 1. The minimum atomic E-state index is -0.148. The number of esters is 1. The van der Waals surface area contributed by atoms with Gasteiger partial charge in [0.05, 0.1) is 25.2 Å². The summed E-state index contributed by atoms with van der Waals surface area (Å²) < 4.78 is 17.8. The van der Waals surface area contributed by atoms with E-state index in [2.05, 4.69) is 19.1 Å². The number of ether oxygens (including phenoxy) is 3. The average molecular weight is 348 g/mol. The summed E-state index contributed by atoms with van der Waals surface area (Å²) in [5, 5.41) is 0. The molecule has 1 aromatic carbocycles. The monoisotopic (exact) mass is 348 g/mol.